The Labute approximate surface area is 59.2 Å². The van der Waals surface area contributed by atoms with Crippen LogP contribution in [0.3, 0.4) is 0 Å². The molecule has 1 saturated heterocycles. The third-order valence-corrected chi connectivity index (χ3v) is 0.903. The van der Waals surface area contributed by atoms with Gasteiger partial charge in [0.1, 0.15) is 0 Å². The molecule has 57 valence electrons. The van der Waals surface area contributed by atoms with Gasteiger partial charge in [-0.3, -0.25) is 9.59 Å². The summed E-state index contributed by atoms with van der Waals surface area (Å²) in [6.07, 6.45) is 1.76. The van der Waals surface area contributed by atoms with E-state index in [9.17, 15) is 4.79 Å². The van der Waals surface area contributed by atoms with Crippen LogP contribution in [-0.2, 0) is 9.59 Å². The van der Waals surface area contributed by atoms with E-state index in [2.05, 4.69) is 12.2 Å². The maximum Gasteiger partial charge on any atom is 0.303 e. The first-order chi connectivity index (χ1) is 4.63. The van der Waals surface area contributed by atoms with Gasteiger partial charge in [-0.15, -0.1) is 0 Å². The number of nitrogens with one attached hydrogen (secondary N) is 1. The summed E-state index contributed by atoms with van der Waals surface area (Å²) in [5.41, 5.74) is 0. The lowest BCUT2D eigenvalue weighted by atomic mass is 10.4. The fourth-order valence-electron chi connectivity index (χ4n) is 0.565. The van der Waals surface area contributed by atoms with Crippen LogP contribution in [0, 0.1) is 6.92 Å². The Morgan fingerprint density at radius 2 is 2.20 bits per heavy atom. The molecular formula is C6H10NO3. The van der Waals surface area contributed by atoms with Crippen molar-refractivity contribution in [3.05, 3.63) is 6.92 Å². The predicted molar refractivity (Wildman–Crippen MR) is 35.2 cm³/mol. The molecule has 0 spiro atoms. The minimum absolute atomic E-state index is 0.204. The minimum Gasteiger partial charge on any atom is -0.481 e. The van der Waals surface area contributed by atoms with Crippen LogP contribution in [0.25, 0.3) is 0 Å². The van der Waals surface area contributed by atoms with Crippen molar-refractivity contribution in [1.82, 2.24) is 5.32 Å². The monoisotopic (exact) mass is 144 g/mol. The van der Waals surface area contributed by atoms with E-state index in [1.165, 1.54) is 0 Å². The van der Waals surface area contributed by atoms with Crippen LogP contribution in [0.5, 0.6) is 0 Å². The summed E-state index contributed by atoms with van der Waals surface area (Å²) in [6, 6.07) is 0. The summed E-state index contributed by atoms with van der Waals surface area (Å²) in [6.45, 7) is 3.44. The van der Waals surface area contributed by atoms with E-state index in [-0.39, 0.29) is 5.91 Å². The first-order valence-electron chi connectivity index (χ1n) is 2.94. The molecule has 0 aromatic heterocycles. The number of hydrogen-bond acceptors (Lipinski definition) is 2. The molecule has 0 unspecified atom stereocenters. The number of amides is 1. The van der Waals surface area contributed by atoms with Gasteiger partial charge >= 0.3 is 5.97 Å². The third kappa shape index (κ3) is 6.94. The fourth-order valence-corrected chi connectivity index (χ4v) is 0.565. The van der Waals surface area contributed by atoms with Crippen molar-refractivity contribution < 1.29 is 14.7 Å². The molecule has 0 aromatic carbocycles. The van der Waals surface area contributed by atoms with Gasteiger partial charge in [-0.1, -0.05) is 0 Å². The molecular weight excluding hydrogens is 134 g/mol. The van der Waals surface area contributed by atoms with Gasteiger partial charge in [0.05, 0.1) is 6.92 Å². The average Bonchev–Trinajstić information content (AvgIpc) is 2.15. The van der Waals surface area contributed by atoms with Crippen molar-refractivity contribution in [2.24, 2.45) is 0 Å². The van der Waals surface area contributed by atoms with Crippen molar-refractivity contribution in [3.8, 4) is 0 Å². The Balaban J connectivity index is 0.000000180. The van der Waals surface area contributed by atoms with Crippen molar-refractivity contribution in [2.75, 3.05) is 6.54 Å². The third-order valence-electron chi connectivity index (χ3n) is 0.903. The Morgan fingerprint density at radius 1 is 1.70 bits per heavy atom. The SMILES string of the molecule is O=C1CCCN1.[CH2]C(=O)O. The zero-order chi connectivity index (χ0) is 7.98. The molecule has 2 N–H and O–H groups in total. The summed E-state index contributed by atoms with van der Waals surface area (Å²) in [5.74, 6) is -0.880. The highest BCUT2D eigenvalue weighted by molar-refractivity contribution is 5.77. The van der Waals surface area contributed by atoms with Gasteiger partial charge in [-0.2, -0.15) is 0 Å². The zero-order valence-electron chi connectivity index (χ0n) is 5.59. The molecule has 0 bridgehead atoms. The van der Waals surface area contributed by atoms with Crippen molar-refractivity contribution >= 4 is 11.9 Å². The second-order valence-corrected chi connectivity index (χ2v) is 1.85. The number of hydrogen-bond donors (Lipinski definition) is 2. The summed E-state index contributed by atoms with van der Waals surface area (Å²) < 4.78 is 0. The Bertz CT molecular complexity index is 121. The van der Waals surface area contributed by atoms with Crippen LogP contribution < -0.4 is 5.32 Å². The number of aliphatic carboxylic acids is 1. The van der Waals surface area contributed by atoms with Gasteiger partial charge in [-0.05, 0) is 6.42 Å². The molecule has 1 radical (unpaired) electrons. The summed E-state index contributed by atoms with van der Waals surface area (Å²) >= 11 is 0. The molecule has 0 atom stereocenters. The topological polar surface area (TPSA) is 66.4 Å². The van der Waals surface area contributed by atoms with E-state index < -0.39 is 5.97 Å². The predicted octanol–water partition coefficient (Wildman–Crippen LogP) is -0.199. The molecule has 4 heteroatoms. The number of carbonyl (C=O) groups excluding carboxylic acids is 1. The quantitative estimate of drug-likeness (QED) is 0.495. The average molecular weight is 144 g/mol. The lowest BCUT2D eigenvalue weighted by Gasteiger charge is -1.80. The number of carboxylic acids is 1. The standard InChI is InChI=1S/C4H7NO.C2H3O2/c6-4-2-1-3-5-4;1-2(3)4/h1-3H2,(H,5,6);1H2,(H,3,4). The first-order valence-corrected chi connectivity index (χ1v) is 2.94. The second kappa shape index (κ2) is 4.78. The maximum absolute atomic E-state index is 10.1. The second-order valence-electron chi connectivity index (χ2n) is 1.85. The van der Waals surface area contributed by atoms with E-state index >= 15 is 0 Å². The van der Waals surface area contributed by atoms with E-state index in [4.69, 9.17) is 9.90 Å². The van der Waals surface area contributed by atoms with Crippen molar-refractivity contribution in [3.63, 3.8) is 0 Å². The normalized spacial score (nSPS) is 15.1. The summed E-state index contributed by atoms with van der Waals surface area (Å²) in [4.78, 5) is 19.0. The van der Waals surface area contributed by atoms with E-state index in [0.717, 1.165) is 19.4 Å². The van der Waals surface area contributed by atoms with Gasteiger partial charge in [0, 0.05) is 13.0 Å². The highest BCUT2D eigenvalue weighted by Crippen LogP contribution is 1.93. The molecule has 1 aliphatic rings. The summed E-state index contributed by atoms with van der Waals surface area (Å²) in [5, 5.41) is 9.99. The summed E-state index contributed by atoms with van der Waals surface area (Å²) in [7, 11) is 0. The van der Waals surface area contributed by atoms with Gasteiger partial charge in [0.2, 0.25) is 5.91 Å². The highest BCUT2D eigenvalue weighted by atomic mass is 16.4. The van der Waals surface area contributed by atoms with E-state index in [1.807, 2.05) is 0 Å². The molecule has 0 saturated carbocycles. The number of carboxylic acid groups (broad SMARTS) is 1. The lowest BCUT2D eigenvalue weighted by molar-refractivity contribution is -0.131. The first kappa shape index (κ1) is 8.94. The molecule has 0 aromatic rings. The van der Waals surface area contributed by atoms with Crippen LogP contribution in [-0.4, -0.2) is 23.5 Å². The number of carbonyl (C=O) groups is 2. The van der Waals surface area contributed by atoms with Gasteiger partial charge in [0.25, 0.3) is 0 Å². The van der Waals surface area contributed by atoms with Gasteiger partial charge in [-0.25, -0.2) is 0 Å². The van der Waals surface area contributed by atoms with Gasteiger partial charge in [0.15, 0.2) is 0 Å². The number of rotatable bonds is 0. The van der Waals surface area contributed by atoms with E-state index in [0.29, 0.717) is 0 Å². The van der Waals surface area contributed by atoms with Crippen LogP contribution in [0.1, 0.15) is 12.8 Å². The molecule has 0 aliphatic carbocycles. The van der Waals surface area contributed by atoms with Crippen LogP contribution in [0.2, 0.25) is 0 Å². The Kier molecular flexibility index (Phi) is 4.28. The maximum atomic E-state index is 10.1. The molecule has 1 aliphatic heterocycles. The highest BCUT2D eigenvalue weighted by Gasteiger charge is 2.05. The smallest absolute Gasteiger partial charge is 0.303 e. The molecule has 1 heterocycles. The molecule has 1 rings (SSSR count). The largest absolute Gasteiger partial charge is 0.481 e. The van der Waals surface area contributed by atoms with E-state index in [1.54, 1.807) is 0 Å². The van der Waals surface area contributed by atoms with Gasteiger partial charge < -0.3 is 10.4 Å². The molecule has 1 amide bonds. The molecule has 1 fully saturated rings. The molecule has 10 heavy (non-hydrogen) atoms. The Morgan fingerprint density at radius 3 is 2.30 bits per heavy atom. The Hall–Kier alpha value is -1.06. The fraction of sp³-hybridized carbons (Fsp3) is 0.500. The van der Waals surface area contributed by atoms with Crippen molar-refractivity contribution in [1.29, 1.82) is 0 Å². The van der Waals surface area contributed by atoms with Crippen molar-refractivity contribution in [2.45, 2.75) is 12.8 Å². The van der Waals surface area contributed by atoms with Crippen LogP contribution in [0.15, 0.2) is 0 Å². The molecule has 4 nitrogen and oxygen atoms in total. The lowest BCUT2D eigenvalue weighted by Crippen LogP contribution is -2.12. The minimum atomic E-state index is -1.08. The zero-order valence-corrected chi connectivity index (χ0v) is 5.59. The van der Waals surface area contributed by atoms with Crippen LogP contribution in [0.4, 0.5) is 0 Å². The van der Waals surface area contributed by atoms with Crippen LogP contribution >= 0.6 is 0 Å².